The molecule has 0 saturated heterocycles. The minimum absolute atomic E-state index is 0.0165. The standard InChI is InChI=1S/C15H20N6/c1-9-13(16)10(2)21(18-9)14-11-8-12(15(3,4)5)19-20(11)7-6-17-14/h6-8H,16H2,1-5H3. The lowest BCUT2D eigenvalue weighted by Crippen LogP contribution is -2.11. The van der Waals surface area contributed by atoms with Crippen LogP contribution in [0.1, 0.15) is 37.9 Å². The van der Waals surface area contributed by atoms with Gasteiger partial charge < -0.3 is 5.73 Å². The van der Waals surface area contributed by atoms with Crippen LogP contribution in [-0.4, -0.2) is 24.4 Å². The molecule has 6 heteroatoms. The Kier molecular flexibility index (Phi) is 2.79. The van der Waals surface area contributed by atoms with Crippen molar-refractivity contribution < 1.29 is 0 Å². The van der Waals surface area contributed by atoms with Crippen molar-refractivity contribution in [1.82, 2.24) is 24.4 Å². The highest BCUT2D eigenvalue weighted by molar-refractivity contribution is 5.63. The van der Waals surface area contributed by atoms with Crippen molar-refractivity contribution in [1.29, 1.82) is 0 Å². The molecule has 6 nitrogen and oxygen atoms in total. The van der Waals surface area contributed by atoms with Crippen LogP contribution in [0.3, 0.4) is 0 Å². The molecule has 0 atom stereocenters. The third-order valence-corrected chi connectivity index (χ3v) is 3.69. The zero-order chi connectivity index (χ0) is 15.4. The third kappa shape index (κ3) is 2.07. The van der Waals surface area contributed by atoms with E-state index in [9.17, 15) is 0 Å². The summed E-state index contributed by atoms with van der Waals surface area (Å²) in [5, 5.41) is 9.12. The maximum absolute atomic E-state index is 6.03. The van der Waals surface area contributed by atoms with Crippen LogP contribution in [-0.2, 0) is 5.41 Å². The lowest BCUT2D eigenvalue weighted by atomic mass is 9.92. The van der Waals surface area contributed by atoms with Crippen LogP contribution in [0.5, 0.6) is 0 Å². The summed E-state index contributed by atoms with van der Waals surface area (Å²) in [5.74, 6) is 0.748. The van der Waals surface area contributed by atoms with Crippen LogP contribution in [0.25, 0.3) is 11.3 Å². The highest BCUT2D eigenvalue weighted by atomic mass is 15.3. The van der Waals surface area contributed by atoms with Crippen molar-refractivity contribution in [3.05, 3.63) is 35.5 Å². The van der Waals surface area contributed by atoms with Gasteiger partial charge in [-0.05, 0) is 19.9 Å². The van der Waals surface area contributed by atoms with Gasteiger partial charge in [0.25, 0.3) is 0 Å². The van der Waals surface area contributed by atoms with Gasteiger partial charge in [-0.25, -0.2) is 14.2 Å². The predicted molar refractivity (Wildman–Crippen MR) is 82.7 cm³/mol. The molecule has 2 N–H and O–H groups in total. The molecule has 3 aromatic rings. The van der Waals surface area contributed by atoms with E-state index in [0.29, 0.717) is 5.69 Å². The quantitative estimate of drug-likeness (QED) is 0.744. The largest absolute Gasteiger partial charge is 0.396 e. The van der Waals surface area contributed by atoms with Gasteiger partial charge in [0.2, 0.25) is 0 Å². The normalized spacial score (nSPS) is 12.2. The summed E-state index contributed by atoms with van der Waals surface area (Å²) < 4.78 is 3.63. The molecule has 0 amide bonds. The fourth-order valence-electron chi connectivity index (χ4n) is 2.30. The number of hydrogen-bond acceptors (Lipinski definition) is 4. The lowest BCUT2D eigenvalue weighted by Gasteiger charge is -2.13. The van der Waals surface area contributed by atoms with Crippen LogP contribution < -0.4 is 5.73 Å². The number of aryl methyl sites for hydroxylation is 1. The van der Waals surface area contributed by atoms with Gasteiger partial charge in [0.15, 0.2) is 5.82 Å². The first-order valence-electron chi connectivity index (χ1n) is 6.96. The monoisotopic (exact) mass is 284 g/mol. The fraction of sp³-hybridized carbons (Fsp3) is 0.400. The second-order valence-electron chi connectivity index (χ2n) is 6.36. The highest BCUT2D eigenvalue weighted by Gasteiger charge is 2.20. The summed E-state index contributed by atoms with van der Waals surface area (Å²) >= 11 is 0. The average molecular weight is 284 g/mol. The van der Waals surface area contributed by atoms with Gasteiger partial charge >= 0.3 is 0 Å². The van der Waals surface area contributed by atoms with E-state index in [-0.39, 0.29) is 5.41 Å². The van der Waals surface area contributed by atoms with Gasteiger partial charge in [-0.2, -0.15) is 10.2 Å². The van der Waals surface area contributed by atoms with E-state index >= 15 is 0 Å². The maximum Gasteiger partial charge on any atom is 0.179 e. The Balaban J connectivity index is 2.28. The lowest BCUT2D eigenvalue weighted by molar-refractivity contribution is 0.562. The van der Waals surface area contributed by atoms with Crippen LogP contribution in [0.2, 0.25) is 0 Å². The van der Waals surface area contributed by atoms with Crippen molar-refractivity contribution in [2.24, 2.45) is 0 Å². The van der Waals surface area contributed by atoms with E-state index in [0.717, 1.165) is 28.4 Å². The predicted octanol–water partition coefficient (Wildman–Crippen LogP) is 2.41. The van der Waals surface area contributed by atoms with Gasteiger partial charge in [0.05, 0.1) is 22.8 Å². The van der Waals surface area contributed by atoms with Crippen molar-refractivity contribution >= 4 is 11.2 Å². The first-order chi connectivity index (χ1) is 9.79. The van der Waals surface area contributed by atoms with Gasteiger partial charge in [-0.3, -0.25) is 0 Å². The second-order valence-corrected chi connectivity index (χ2v) is 6.36. The molecule has 0 radical (unpaired) electrons. The Morgan fingerprint density at radius 3 is 2.43 bits per heavy atom. The number of nitrogens with two attached hydrogens (primary N) is 1. The Morgan fingerprint density at radius 1 is 1.14 bits per heavy atom. The van der Waals surface area contributed by atoms with Crippen LogP contribution in [0.4, 0.5) is 5.69 Å². The number of aromatic nitrogens is 5. The summed E-state index contributed by atoms with van der Waals surface area (Å²) in [7, 11) is 0. The SMILES string of the molecule is Cc1nn(-c2nccn3nc(C(C)(C)C)cc23)c(C)c1N. The van der Waals surface area contributed by atoms with E-state index in [2.05, 4.69) is 42.0 Å². The zero-order valence-electron chi connectivity index (χ0n) is 13.0. The summed E-state index contributed by atoms with van der Waals surface area (Å²) in [6.45, 7) is 10.3. The first-order valence-corrected chi connectivity index (χ1v) is 6.96. The maximum atomic E-state index is 6.03. The highest BCUT2D eigenvalue weighted by Crippen LogP contribution is 2.26. The molecule has 0 aliphatic rings. The molecule has 110 valence electrons. The van der Waals surface area contributed by atoms with Crippen molar-refractivity contribution in [2.45, 2.75) is 40.0 Å². The minimum atomic E-state index is -0.0165. The summed E-state index contributed by atoms with van der Waals surface area (Å²) in [6.07, 6.45) is 3.58. The number of anilines is 1. The third-order valence-electron chi connectivity index (χ3n) is 3.69. The first kappa shape index (κ1) is 13.6. The van der Waals surface area contributed by atoms with Crippen molar-refractivity contribution in [3.63, 3.8) is 0 Å². The van der Waals surface area contributed by atoms with Gasteiger partial charge in [0, 0.05) is 17.8 Å². The van der Waals surface area contributed by atoms with Gasteiger partial charge in [0.1, 0.15) is 5.52 Å². The molecule has 0 unspecified atom stereocenters. The van der Waals surface area contributed by atoms with Crippen LogP contribution >= 0.6 is 0 Å². The summed E-state index contributed by atoms with van der Waals surface area (Å²) in [5.41, 5.74) is 10.4. The molecular weight excluding hydrogens is 264 g/mol. The summed E-state index contributed by atoms with van der Waals surface area (Å²) in [6, 6.07) is 2.06. The molecule has 0 aliphatic heterocycles. The Labute approximate surface area is 123 Å². The van der Waals surface area contributed by atoms with Crippen LogP contribution in [0, 0.1) is 13.8 Å². The average Bonchev–Trinajstić information content (AvgIpc) is 2.95. The van der Waals surface area contributed by atoms with E-state index in [1.54, 1.807) is 10.9 Å². The molecule has 0 bridgehead atoms. The topological polar surface area (TPSA) is 74.0 Å². The molecule has 3 heterocycles. The summed E-state index contributed by atoms with van der Waals surface area (Å²) in [4.78, 5) is 4.47. The molecule has 3 rings (SSSR count). The number of nitrogen functional groups attached to an aromatic ring is 1. The van der Waals surface area contributed by atoms with E-state index in [4.69, 9.17) is 5.73 Å². The molecule has 0 aliphatic carbocycles. The number of nitrogens with zero attached hydrogens (tertiary/aromatic N) is 5. The smallest absolute Gasteiger partial charge is 0.179 e. The zero-order valence-corrected chi connectivity index (χ0v) is 13.0. The number of hydrogen-bond donors (Lipinski definition) is 1. The molecule has 3 aromatic heterocycles. The second kappa shape index (κ2) is 4.31. The molecule has 0 aromatic carbocycles. The molecule has 21 heavy (non-hydrogen) atoms. The Bertz CT molecular complexity index is 819. The Morgan fingerprint density at radius 2 is 1.86 bits per heavy atom. The fourth-order valence-corrected chi connectivity index (χ4v) is 2.30. The van der Waals surface area contributed by atoms with Crippen molar-refractivity contribution in [2.75, 3.05) is 5.73 Å². The van der Waals surface area contributed by atoms with Gasteiger partial charge in [-0.15, -0.1) is 0 Å². The van der Waals surface area contributed by atoms with E-state index < -0.39 is 0 Å². The van der Waals surface area contributed by atoms with Crippen molar-refractivity contribution in [3.8, 4) is 5.82 Å². The molecular formula is C15H20N6. The number of fused-ring (bicyclic) bond motifs is 1. The Hall–Kier alpha value is -2.37. The minimum Gasteiger partial charge on any atom is -0.396 e. The molecule has 0 saturated carbocycles. The van der Waals surface area contributed by atoms with Crippen LogP contribution in [0.15, 0.2) is 18.5 Å². The number of rotatable bonds is 1. The van der Waals surface area contributed by atoms with Gasteiger partial charge in [-0.1, -0.05) is 20.8 Å². The van der Waals surface area contributed by atoms with E-state index in [1.807, 2.05) is 24.6 Å². The van der Waals surface area contributed by atoms with E-state index in [1.165, 1.54) is 0 Å². The molecule has 0 fully saturated rings. The molecule has 0 spiro atoms.